The summed E-state index contributed by atoms with van der Waals surface area (Å²) in [7, 11) is -3.79. The van der Waals surface area contributed by atoms with Crippen LogP contribution >= 0.6 is 0 Å². The molecule has 1 aliphatic rings. The van der Waals surface area contributed by atoms with Gasteiger partial charge in [0.25, 0.3) is 0 Å². The number of rotatable bonds is 5. The fraction of sp³-hybridized carbons (Fsp3) is 0.318. The van der Waals surface area contributed by atoms with E-state index >= 15 is 0 Å². The maximum absolute atomic E-state index is 13.4. The summed E-state index contributed by atoms with van der Waals surface area (Å²) in [5.74, 6) is -0.859. The van der Waals surface area contributed by atoms with E-state index in [0.717, 1.165) is 12.0 Å². The van der Waals surface area contributed by atoms with Crippen LogP contribution in [0.4, 0.5) is 4.39 Å². The smallest absolute Gasteiger partial charge is 0.374 e. The van der Waals surface area contributed by atoms with Gasteiger partial charge in [0.05, 0.1) is 17.5 Å². The zero-order valence-electron chi connectivity index (χ0n) is 16.7. The molecule has 2 heterocycles. The van der Waals surface area contributed by atoms with Crippen LogP contribution in [-0.2, 0) is 14.8 Å². The predicted octanol–water partition coefficient (Wildman–Crippen LogP) is 4.58. The first kappa shape index (κ1) is 20.6. The van der Waals surface area contributed by atoms with Gasteiger partial charge < -0.3 is 9.15 Å². The molecule has 30 heavy (non-hydrogen) atoms. The Labute approximate surface area is 174 Å². The second kappa shape index (κ2) is 7.85. The Hall–Kier alpha value is -2.71. The van der Waals surface area contributed by atoms with Crippen LogP contribution < -0.4 is 0 Å². The van der Waals surface area contributed by atoms with Gasteiger partial charge in [-0.15, -0.1) is 0 Å². The molecule has 1 aromatic heterocycles. The molecule has 1 atom stereocenters. The van der Waals surface area contributed by atoms with Crippen molar-refractivity contribution in [1.82, 2.24) is 4.31 Å². The van der Waals surface area contributed by atoms with Crippen molar-refractivity contribution >= 4 is 27.0 Å². The molecule has 1 saturated heterocycles. The van der Waals surface area contributed by atoms with E-state index in [1.54, 1.807) is 32.0 Å². The lowest BCUT2D eigenvalue weighted by molar-refractivity contribution is 0.0491. The summed E-state index contributed by atoms with van der Waals surface area (Å²) in [6.45, 7) is 4.01. The third kappa shape index (κ3) is 3.50. The number of hydrogen-bond acceptors (Lipinski definition) is 5. The minimum atomic E-state index is -3.79. The molecule has 0 radical (unpaired) electrons. The van der Waals surface area contributed by atoms with Crippen molar-refractivity contribution in [2.45, 2.75) is 37.6 Å². The van der Waals surface area contributed by atoms with E-state index in [9.17, 15) is 17.6 Å². The molecule has 0 N–H and O–H groups in total. The van der Waals surface area contributed by atoms with Gasteiger partial charge in [0.1, 0.15) is 11.4 Å². The number of carbonyl (C=O) groups excluding carboxylic acids is 1. The fourth-order valence-corrected chi connectivity index (χ4v) is 5.64. The van der Waals surface area contributed by atoms with Gasteiger partial charge in [0.2, 0.25) is 15.8 Å². The number of ether oxygens (including phenoxy) is 1. The quantitative estimate of drug-likeness (QED) is 0.553. The molecular weight excluding hydrogens is 409 g/mol. The van der Waals surface area contributed by atoms with Crippen LogP contribution in [0.2, 0.25) is 0 Å². The molecular formula is C22H22FNO5S. The molecule has 8 heteroatoms. The minimum absolute atomic E-state index is 0.0757. The van der Waals surface area contributed by atoms with E-state index in [-0.39, 0.29) is 29.1 Å². The van der Waals surface area contributed by atoms with Crippen molar-refractivity contribution in [3.63, 3.8) is 0 Å². The van der Waals surface area contributed by atoms with Gasteiger partial charge in [-0.2, -0.15) is 4.31 Å². The monoisotopic (exact) mass is 431 g/mol. The van der Waals surface area contributed by atoms with Crippen LogP contribution in [0.3, 0.4) is 0 Å². The average Bonchev–Trinajstić information content (AvgIpc) is 3.34. The second-order valence-corrected chi connectivity index (χ2v) is 9.15. The predicted molar refractivity (Wildman–Crippen MR) is 109 cm³/mol. The zero-order valence-corrected chi connectivity index (χ0v) is 17.5. The Bertz CT molecular complexity index is 1200. The summed E-state index contributed by atoms with van der Waals surface area (Å²) in [6.07, 6.45) is 1.39. The van der Waals surface area contributed by atoms with Crippen LogP contribution in [0.5, 0.6) is 0 Å². The van der Waals surface area contributed by atoms with Gasteiger partial charge in [0.15, 0.2) is 0 Å². The topological polar surface area (TPSA) is 76.8 Å². The summed E-state index contributed by atoms with van der Waals surface area (Å²) in [4.78, 5) is 12.2. The number of esters is 1. The molecule has 0 bridgehead atoms. The van der Waals surface area contributed by atoms with E-state index in [1.165, 1.54) is 28.6 Å². The van der Waals surface area contributed by atoms with Crippen molar-refractivity contribution in [2.75, 3.05) is 13.2 Å². The van der Waals surface area contributed by atoms with Crippen LogP contribution in [0.25, 0.3) is 11.0 Å². The molecule has 158 valence electrons. The third-order valence-corrected chi connectivity index (χ3v) is 7.34. The molecule has 0 saturated carbocycles. The Morgan fingerprint density at radius 3 is 2.67 bits per heavy atom. The minimum Gasteiger partial charge on any atom is -0.460 e. The highest BCUT2D eigenvalue weighted by atomic mass is 32.2. The maximum atomic E-state index is 13.4. The van der Waals surface area contributed by atoms with Crippen molar-refractivity contribution in [3.05, 3.63) is 65.2 Å². The van der Waals surface area contributed by atoms with Crippen molar-refractivity contribution in [2.24, 2.45) is 0 Å². The number of carbonyl (C=O) groups is 1. The second-order valence-electron chi connectivity index (χ2n) is 7.26. The average molecular weight is 431 g/mol. The zero-order chi connectivity index (χ0) is 21.5. The number of nitrogens with zero attached hydrogens (tertiary/aromatic N) is 1. The van der Waals surface area contributed by atoms with Gasteiger partial charge >= 0.3 is 5.97 Å². The number of hydrogen-bond donors (Lipinski definition) is 0. The van der Waals surface area contributed by atoms with Crippen molar-refractivity contribution < 1.29 is 26.8 Å². The van der Waals surface area contributed by atoms with Crippen molar-refractivity contribution in [1.29, 1.82) is 0 Å². The number of aryl methyl sites for hydroxylation is 1. The van der Waals surface area contributed by atoms with E-state index < -0.39 is 16.0 Å². The summed E-state index contributed by atoms with van der Waals surface area (Å²) in [5, 5.41) is 0.552. The van der Waals surface area contributed by atoms with Gasteiger partial charge in [-0.25, -0.2) is 17.6 Å². The molecule has 0 spiro atoms. The fourth-order valence-electron chi connectivity index (χ4n) is 3.93. The number of furan rings is 1. The van der Waals surface area contributed by atoms with E-state index in [2.05, 4.69) is 0 Å². The lowest BCUT2D eigenvalue weighted by Gasteiger charge is -2.24. The Morgan fingerprint density at radius 2 is 1.97 bits per heavy atom. The largest absolute Gasteiger partial charge is 0.460 e. The highest BCUT2D eigenvalue weighted by Crippen LogP contribution is 2.37. The Kier molecular flexibility index (Phi) is 5.38. The molecule has 1 unspecified atom stereocenters. The molecule has 4 rings (SSSR count). The SMILES string of the molecule is CCOC(=O)c1oc2ccc(S(=O)(=O)N3CCCC3c3ccc(F)cc3)cc2c1C. The number of fused-ring (bicyclic) bond motifs is 1. The number of halogens is 1. The van der Waals surface area contributed by atoms with Gasteiger partial charge in [-0.3, -0.25) is 0 Å². The summed E-state index contributed by atoms with van der Waals surface area (Å²) >= 11 is 0. The highest BCUT2D eigenvalue weighted by Gasteiger charge is 2.36. The Balaban J connectivity index is 1.72. The van der Waals surface area contributed by atoms with E-state index in [1.807, 2.05) is 0 Å². The summed E-state index contributed by atoms with van der Waals surface area (Å²) in [5.41, 5.74) is 1.73. The number of benzene rings is 2. The van der Waals surface area contributed by atoms with Crippen LogP contribution in [0, 0.1) is 12.7 Å². The standard InChI is InChI=1S/C22H22FNO5S/c1-3-28-22(25)21-14(2)18-13-17(10-11-20(18)29-21)30(26,27)24-12-4-5-19(24)15-6-8-16(23)9-7-15/h6-11,13,19H,3-5,12H2,1-2H3. The van der Waals surface area contributed by atoms with Crippen LogP contribution in [0.1, 0.15) is 47.5 Å². The third-order valence-electron chi connectivity index (χ3n) is 5.43. The lowest BCUT2D eigenvalue weighted by atomic mass is 10.1. The summed E-state index contributed by atoms with van der Waals surface area (Å²) < 4.78 is 52.2. The van der Waals surface area contributed by atoms with Gasteiger partial charge in [-0.1, -0.05) is 12.1 Å². The normalized spacial score (nSPS) is 17.5. The molecule has 1 aliphatic heterocycles. The highest BCUT2D eigenvalue weighted by molar-refractivity contribution is 7.89. The molecule has 0 aliphatic carbocycles. The molecule has 0 amide bonds. The lowest BCUT2D eigenvalue weighted by Crippen LogP contribution is -2.30. The van der Waals surface area contributed by atoms with Gasteiger partial charge in [-0.05, 0) is 62.6 Å². The molecule has 2 aromatic carbocycles. The van der Waals surface area contributed by atoms with Crippen LogP contribution in [-0.4, -0.2) is 31.8 Å². The summed E-state index contributed by atoms with van der Waals surface area (Å²) in [6, 6.07) is 10.2. The van der Waals surface area contributed by atoms with Crippen molar-refractivity contribution in [3.8, 4) is 0 Å². The van der Waals surface area contributed by atoms with Gasteiger partial charge in [0, 0.05) is 17.5 Å². The molecule has 3 aromatic rings. The maximum Gasteiger partial charge on any atom is 0.374 e. The first-order valence-electron chi connectivity index (χ1n) is 9.80. The first-order valence-corrected chi connectivity index (χ1v) is 11.2. The van der Waals surface area contributed by atoms with E-state index in [0.29, 0.717) is 29.5 Å². The molecule has 1 fully saturated rings. The van der Waals surface area contributed by atoms with Crippen LogP contribution in [0.15, 0.2) is 51.8 Å². The van der Waals surface area contributed by atoms with E-state index in [4.69, 9.17) is 9.15 Å². The first-order chi connectivity index (χ1) is 14.3. The Morgan fingerprint density at radius 1 is 1.23 bits per heavy atom. The molecule has 6 nitrogen and oxygen atoms in total. The number of sulfonamides is 1.